The summed E-state index contributed by atoms with van der Waals surface area (Å²) in [7, 11) is 0. The number of carbonyl (C=O) groups excluding carboxylic acids is 1. The highest BCUT2D eigenvalue weighted by Gasteiger charge is 2.10. The largest absolute Gasteiger partial charge is 0.494 e. The normalized spacial score (nSPS) is 10.0. The van der Waals surface area contributed by atoms with E-state index in [1.165, 1.54) is 0 Å². The van der Waals surface area contributed by atoms with Crippen LogP contribution in [0.3, 0.4) is 0 Å². The predicted octanol–water partition coefficient (Wildman–Crippen LogP) is 4.26. The van der Waals surface area contributed by atoms with Gasteiger partial charge in [-0.15, -0.1) is 0 Å². The minimum absolute atomic E-state index is 0.183. The standard InChI is InChI=1S/C17H17ClN2O2S/c1-2-10-22-13-7-5-6-12(11-13)16(21)20-17(23)19-15-9-4-3-8-14(15)18/h3-9,11H,2,10H2,1H3,(H2,19,20,21,23). The fourth-order valence-electron chi connectivity index (χ4n) is 1.84. The Morgan fingerprint density at radius 3 is 2.74 bits per heavy atom. The number of rotatable bonds is 5. The van der Waals surface area contributed by atoms with Crippen molar-refractivity contribution in [1.82, 2.24) is 5.32 Å². The molecule has 2 rings (SSSR count). The highest BCUT2D eigenvalue weighted by molar-refractivity contribution is 7.80. The highest BCUT2D eigenvalue weighted by atomic mass is 35.5. The van der Waals surface area contributed by atoms with E-state index in [4.69, 9.17) is 28.6 Å². The molecule has 0 spiro atoms. The van der Waals surface area contributed by atoms with E-state index in [1.807, 2.05) is 25.1 Å². The predicted molar refractivity (Wildman–Crippen MR) is 97.4 cm³/mol. The third kappa shape index (κ3) is 5.23. The molecule has 120 valence electrons. The van der Waals surface area contributed by atoms with E-state index in [2.05, 4.69) is 10.6 Å². The molecule has 23 heavy (non-hydrogen) atoms. The second-order valence-electron chi connectivity index (χ2n) is 4.76. The third-order valence-corrected chi connectivity index (χ3v) is 3.45. The van der Waals surface area contributed by atoms with E-state index in [1.54, 1.807) is 30.3 Å². The van der Waals surface area contributed by atoms with Gasteiger partial charge >= 0.3 is 0 Å². The van der Waals surface area contributed by atoms with Gasteiger partial charge in [0, 0.05) is 5.56 Å². The van der Waals surface area contributed by atoms with E-state index in [0.717, 1.165) is 6.42 Å². The Labute approximate surface area is 145 Å². The number of anilines is 1. The molecular formula is C17H17ClN2O2S. The maximum Gasteiger partial charge on any atom is 0.257 e. The van der Waals surface area contributed by atoms with Crippen molar-refractivity contribution in [1.29, 1.82) is 0 Å². The van der Waals surface area contributed by atoms with Crippen LogP contribution in [-0.2, 0) is 0 Å². The second kappa shape index (κ2) is 8.50. The average Bonchev–Trinajstić information content (AvgIpc) is 2.55. The molecule has 0 aliphatic rings. The molecule has 0 saturated heterocycles. The van der Waals surface area contributed by atoms with Gasteiger partial charge in [-0.25, -0.2) is 0 Å². The molecule has 0 atom stereocenters. The van der Waals surface area contributed by atoms with Crippen LogP contribution in [0.25, 0.3) is 0 Å². The van der Waals surface area contributed by atoms with E-state index < -0.39 is 0 Å². The van der Waals surface area contributed by atoms with Gasteiger partial charge in [0.1, 0.15) is 5.75 Å². The Morgan fingerprint density at radius 2 is 2.00 bits per heavy atom. The van der Waals surface area contributed by atoms with Crippen molar-refractivity contribution in [3.63, 3.8) is 0 Å². The molecule has 0 aliphatic carbocycles. The van der Waals surface area contributed by atoms with E-state index in [-0.39, 0.29) is 11.0 Å². The van der Waals surface area contributed by atoms with Crippen molar-refractivity contribution in [3.05, 3.63) is 59.1 Å². The lowest BCUT2D eigenvalue weighted by Crippen LogP contribution is -2.34. The van der Waals surface area contributed by atoms with Crippen LogP contribution in [0.15, 0.2) is 48.5 Å². The first kappa shape index (κ1) is 17.2. The molecule has 0 heterocycles. The Kier molecular flexibility index (Phi) is 6.38. The van der Waals surface area contributed by atoms with Crippen molar-refractivity contribution in [2.75, 3.05) is 11.9 Å². The number of para-hydroxylation sites is 1. The van der Waals surface area contributed by atoms with Gasteiger partial charge in [-0.3, -0.25) is 10.1 Å². The van der Waals surface area contributed by atoms with Crippen molar-refractivity contribution < 1.29 is 9.53 Å². The zero-order valence-corrected chi connectivity index (χ0v) is 14.2. The summed E-state index contributed by atoms with van der Waals surface area (Å²) in [6.07, 6.45) is 0.905. The number of hydrogen-bond donors (Lipinski definition) is 2. The fourth-order valence-corrected chi connectivity index (χ4v) is 2.22. The number of thiocarbonyl (C=S) groups is 1. The first-order valence-corrected chi connectivity index (χ1v) is 7.98. The molecule has 0 fully saturated rings. The zero-order chi connectivity index (χ0) is 16.7. The second-order valence-corrected chi connectivity index (χ2v) is 5.58. The van der Waals surface area contributed by atoms with Crippen LogP contribution in [0.1, 0.15) is 23.7 Å². The summed E-state index contributed by atoms with van der Waals surface area (Å²) in [5.74, 6) is 0.348. The van der Waals surface area contributed by atoms with Crippen LogP contribution < -0.4 is 15.4 Å². The summed E-state index contributed by atoms with van der Waals surface area (Å²) < 4.78 is 5.52. The van der Waals surface area contributed by atoms with Gasteiger partial charge < -0.3 is 10.1 Å². The Bertz CT molecular complexity index is 706. The van der Waals surface area contributed by atoms with Crippen LogP contribution in [0.5, 0.6) is 5.75 Å². The lowest BCUT2D eigenvalue weighted by molar-refractivity contribution is 0.0977. The lowest BCUT2D eigenvalue weighted by atomic mass is 10.2. The molecule has 4 nitrogen and oxygen atoms in total. The van der Waals surface area contributed by atoms with Gasteiger partial charge in [0.05, 0.1) is 17.3 Å². The molecular weight excluding hydrogens is 332 g/mol. The summed E-state index contributed by atoms with van der Waals surface area (Å²) in [5.41, 5.74) is 1.11. The summed E-state index contributed by atoms with van der Waals surface area (Å²) in [4.78, 5) is 12.2. The highest BCUT2D eigenvalue weighted by Crippen LogP contribution is 2.20. The Balaban J connectivity index is 1.98. The summed E-state index contributed by atoms with van der Waals surface area (Å²) in [6.45, 7) is 2.63. The van der Waals surface area contributed by atoms with Gasteiger partial charge in [-0.2, -0.15) is 0 Å². The van der Waals surface area contributed by atoms with Crippen LogP contribution in [0, 0.1) is 0 Å². The third-order valence-electron chi connectivity index (χ3n) is 2.92. The number of nitrogens with one attached hydrogen (secondary N) is 2. The lowest BCUT2D eigenvalue weighted by Gasteiger charge is -2.11. The number of carbonyl (C=O) groups is 1. The smallest absolute Gasteiger partial charge is 0.257 e. The summed E-state index contributed by atoms with van der Waals surface area (Å²) in [6, 6.07) is 14.1. The number of ether oxygens (including phenoxy) is 1. The van der Waals surface area contributed by atoms with Crippen molar-refractivity contribution >= 4 is 40.5 Å². The summed E-state index contributed by atoms with van der Waals surface area (Å²) in [5, 5.41) is 6.23. The van der Waals surface area contributed by atoms with Gasteiger partial charge in [0.25, 0.3) is 5.91 Å². The van der Waals surface area contributed by atoms with Crippen LogP contribution >= 0.6 is 23.8 Å². The number of hydrogen-bond acceptors (Lipinski definition) is 3. The first-order valence-electron chi connectivity index (χ1n) is 7.20. The molecule has 0 unspecified atom stereocenters. The zero-order valence-electron chi connectivity index (χ0n) is 12.6. The molecule has 2 aromatic rings. The fraction of sp³-hybridized carbons (Fsp3) is 0.176. The molecule has 2 N–H and O–H groups in total. The molecule has 0 bridgehead atoms. The van der Waals surface area contributed by atoms with Crippen molar-refractivity contribution in [2.45, 2.75) is 13.3 Å². The van der Waals surface area contributed by atoms with Crippen LogP contribution in [0.2, 0.25) is 5.02 Å². The molecule has 0 radical (unpaired) electrons. The van der Waals surface area contributed by atoms with Crippen molar-refractivity contribution in [2.24, 2.45) is 0 Å². The maximum atomic E-state index is 12.2. The molecule has 2 aromatic carbocycles. The van der Waals surface area contributed by atoms with E-state index >= 15 is 0 Å². The van der Waals surface area contributed by atoms with Crippen molar-refractivity contribution in [3.8, 4) is 5.75 Å². The molecule has 0 saturated carbocycles. The molecule has 0 aliphatic heterocycles. The topological polar surface area (TPSA) is 50.4 Å². The number of amides is 1. The van der Waals surface area contributed by atoms with Crippen LogP contribution in [0.4, 0.5) is 5.69 Å². The summed E-state index contributed by atoms with van der Waals surface area (Å²) >= 11 is 11.2. The van der Waals surface area contributed by atoms with E-state index in [9.17, 15) is 4.79 Å². The van der Waals surface area contributed by atoms with Gasteiger partial charge in [-0.1, -0.05) is 36.7 Å². The number of halogens is 1. The van der Waals surface area contributed by atoms with Gasteiger partial charge in [-0.05, 0) is 49.0 Å². The SMILES string of the molecule is CCCOc1cccc(C(=O)NC(=S)Nc2ccccc2Cl)c1. The minimum Gasteiger partial charge on any atom is -0.494 e. The quantitative estimate of drug-likeness (QED) is 0.793. The Morgan fingerprint density at radius 1 is 1.22 bits per heavy atom. The molecule has 6 heteroatoms. The maximum absolute atomic E-state index is 12.2. The molecule has 1 amide bonds. The van der Waals surface area contributed by atoms with Crippen LogP contribution in [-0.4, -0.2) is 17.6 Å². The monoisotopic (exact) mass is 348 g/mol. The number of benzene rings is 2. The average molecular weight is 349 g/mol. The van der Waals surface area contributed by atoms with E-state index in [0.29, 0.717) is 28.6 Å². The van der Waals surface area contributed by atoms with Gasteiger partial charge in [0.15, 0.2) is 5.11 Å². The molecule has 0 aromatic heterocycles. The van der Waals surface area contributed by atoms with Gasteiger partial charge in [0.2, 0.25) is 0 Å². The Hall–Kier alpha value is -2.11. The first-order chi connectivity index (χ1) is 11.1. The minimum atomic E-state index is -0.309.